The molecular formula is C16H19O5-. The van der Waals surface area contributed by atoms with E-state index in [-0.39, 0.29) is 24.2 Å². The van der Waals surface area contributed by atoms with E-state index in [1.54, 1.807) is 0 Å². The zero-order valence-electron chi connectivity index (χ0n) is 11.8. The number of aromatic carboxylic acids is 1. The third-order valence-electron chi connectivity index (χ3n) is 4.12. The fourth-order valence-electron chi connectivity index (χ4n) is 2.69. The van der Waals surface area contributed by atoms with E-state index in [1.165, 1.54) is 24.3 Å². The van der Waals surface area contributed by atoms with E-state index in [1.807, 2.05) is 0 Å². The second-order valence-corrected chi connectivity index (χ2v) is 5.66. The largest absolute Gasteiger partial charge is 0.545 e. The number of hydrogen-bond donors (Lipinski definition) is 1. The third-order valence-corrected chi connectivity index (χ3v) is 4.12. The zero-order valence-corrected chi connectivity index (χ0v) is 11.8. The van der Waals surface area contributed by atoms with Crippen molar-refractivity contribution in [2.75, 3.05) is 13.2 Å². The van der Waals surface area contributed by atoms with Crippen molar-refractivity contribution in [3.05, 3.63) is 35.4 Å². The van der Waals surface area contributed by atoms with Crippen LogP contribution in [0.25, 0.3) is 0 Å². The lowest BCUT2D eigenvalue weighted by atomic mass is 9.75. The molecule has 0 aliphatic heterocycles. The van der Waals surface area contributed by atoms with Gasteiger partial charge in [0.05, 0.1) is 24.7 Å². The Kier molecular flexibility index (Phi) is 4.96. The van der Waals surface area contributed by atoms with Crippen LogP contribution >= 0.6 is 0 Å². The van der Waals surface area contributed by atoms with Gasteiger partial charge in [0.15, 0.2) is 0 Å². The Morgan fingerprint density at radius 3 is 2.19 bits per heavy atom. The highest BCUT2D eigenvalue weighted by atomic mass is 16.5. The van der Waals surface area contributed by atoms with Gasteiger partial charge >= 0.3 is 5.97 Å². The minimum atomic E-state index is -1.28. The molecule has 0 radical (unpaired) electrons. The van der Waals surface area contributed by atoms with E-state index in [4.69, 9.17) is 4.74 Å². The van der Waals surface area contributed by atoms with E-state index in [0.29, 0.717) is 5.56 Å². The van der Waals surface area contributed by atoms with Gasteiger partial charge in [0.2, 0.25) is 0 Å². The molecule has 1 fully saturated rings. The van der Waals surface area contributed by atoms with Crippen molar-refractivity contribution in [1.29, 1.82) is 0 Å². The lowest BCUT2D eigenvalue weighted by Crippen LogP contribution is -2.34. The number of benzene rings is 1. The van der Waals surface area contributed by atoms with Crippen LogP contribution in [0, 0.1) is 5.41 Å². The first-order chi connectivity index (χ1) is 10.1. The summed E-state index contributed by atoms with van der Waals surface area (Å²) in [7, 11) is 0. The molecule has 1 N–H and O–H groups in total. The van der Waals surface area contributed by atoms with E-state index in [0.717, 1.165) is 32.1 Å². The van der Waals surface area contributed by atoms with Crippen molar-refractivity contribution in [3.63, 3.8) is 0 Å². The van der Waals surface area contributed by atoms with Crippen LogP contribution in [0.15, 0.2) is 24.3 Å². The number of esters is 1. The molecule has 21 heavy (non-hydrogen) atoms. The molecule has 1 aliphatic rings. The highest BCUT2D eigenvalue weighted by Crippen LogP contribution is 2.36. The van der Waals surface area contributed by atoms with Crippen molar-refractivity contribution >= 4 is 11.9 Å². The number of hydrogen-bond acceptors (Lipinski definition) is 5. The molecule has 2 rings (SSSR count). The van der Waals surface area contributed by atoms with Crippen molar-refractivity contribution in [2.24, 2.45) is 5.41 Å². The van der Waals surface area contributed by atoms with Crippen LogP contribution in [0.5, 0.6) is 0 Å². The predicted octanol–water partition coefficient (Wildman–Crippen LogP) is 1.15. The summed E-state index contributed by atoms with van der Waals surface area (Å²) in [4.78, 5) is 22.6. The molecular weight excluding hydrogens is 272 g/mol. The van der Waals surface area contributed by atoms with Gasteiger partial charge < -0.3 is 19.7 Å². The Morgan fingerprint density at radius 2 is 1.67 bits per heavy atom. The first-order valence-corrected chi connectivity index (χ1v) is 7.16. The molecule has 0 bridgehead atoms. The summed E-state index contributed by atoms with van der Waals surface area (Å²) in [5, 5.41) is 20.2. The van der Waals surface area contributed by atoms with Gasteiger partial charge in [-0.05, 0) is 30.5 Å². The summed E-state index contributed by atoms with van der Waals surface area (Å²) < 4.78 is 5.30. The maximum absolute atomic E-state index is 12.0. The molecule has 114 valence electrons. The van der Waals surface area contributed by atoms with Gasteiger partial charge in [-0.15, -0.1) is 0 Å². The number of carboxylic acid groups (broad SMARTS) is 1. The van der Waals surface area contributed by atoms with Gasteiger partial charge in [0.1, 0.15) is 0 Å². The van der Waals surface area contributed by atoms with Gasteiger partial charge in [-0.25, -0.2) is 4.79 Å². The first kappa shape index (κ1) is 15.5. The van der Waals surface area contributed by atoms with Crippen molar-refractivity contribution < 1.29 is 24.5 Å². The Balaban J connectivity index is 1.96. The molecule has 5 heteroatoms. The first-order valence-electron chi connectivity index (χ1n) is 7.16. The summed E-state index contributed by atoms with van der Waals surface area (Å²) >= 11 is 0. The van der Waals surface area contributed by atoms with Crippen LogP contribution in [0.1, 0.15) is 52.8 Å². The second kappa shape index (κ2) is 6.72. The topological polar surface area (TPSA) is 86.7 Å². The molecule has 0 heterocycles. The quantitative estimate of drug-likeness (QED) is 0.822. The van der Waals surface area contributed by atoms with Crippen molar-refractivity contribution in [1.82, 2.24) is 0 Å². The maximum atomic E-state index is 12.0. The molecule has 1 aliphatic carbocycles. The third kappa shape index (κ3) is 3.82. The average Bonchev–Trinajstić information content (AvgIpc) is 2.53. The minimum Gasteiger partial charge on any atom is -0.545 e. The van der Waals surface area contributed by atoms with Crippen LogP contribution in [0.4, 0.5) is 0 Å². The molecule has 1 saturated carbocycles. The summed E-state index contributed by atoms with van der Waals surface area (Å²) in [6.07, 6.45) is 4.96. The monoisotopic (exact) mass is 291 g/mol. The lowest BCUT2D eigenvalue weighted by Gasteiger charge is -2.34. The number of aliphatic hydroxyl groups excluding tert-OH is 1. The summed E-state index contributed by atoms with van der Waals surface area (Å²) in [5.74, 6) is -1.78. The standard InChI is InChI=1S/C16H20O5/c17-10-16(8-2-1-3-9-16)11-21-15(20)13-6-4-12(5-7-13)14(18)19/h4-7,17H,1-3,8-11H2,(H,18,19)/p-1. The number of ether oxygens (including phenoxy) is 1. The Morgan fingerprint density at radius 1 is 1.10 bits per heavy atom. The highest BCUT2D eigenvalue weighted by molar-refractivity contribution is 5.91. The van der Waals surface area contributed by atoms with E-state index in [9.17, 15) is 19.8 Å². The molecule has 1 aromatic carbocycles. The van der Waals surface area contributed by atoms with Crippen LogP contribution < -0.4 is 5.11 Å². The Bertz CT molecular complexity index is 500. The zero-order chi connectivity index (χ0) is 15.3. The molecule has 1 aromatic rings. The van der Waals surface area contributed by atoms with E-state index >= 15 is 0 Å². The molecule has 5 nitrogen and oxygen atoms in total. The van der Waals surface area contributed by atoms with Gasteiger partial charge in [-0.1, -0.05) is 31.4 Å². The summed E-state index contributed by atoms with van der Waals surface area (Å²) in [6, 6.07) is 5.43. The normalized spacial score (nSPS) is 17.2. The number of carbonyl (C=O) groups excluding carboxylic acids is 2. The van der Waals surface area contributed by atoms with Gasteiger partial charge in [-0.2, -0.15) is 0 Å². The fourth-order valence-corrected chi connectivity index (χ4v) is 2.69. The maximum Gasteiger partial charge on any atom is 0.338 e. The predicted molar refractivity (Wildman–Crippen MR) is 73.7 cm³/mol. The van der Waals surface area contributed by atoms with Crippen LogP contribution in [0.2, 0.25) is 0 Å². The average molecular weight is 291 g/mol. The molecule has 0 amide bonds. The Labute approximate surface area is 123 Å². The Hall–Kier alpha value is -1.88. The number of rotatable bonds is 5. The van der Waals surface area contributed by atoms with Gasteiger partial charge in [0.25, 0.3) is 0 Å². The van der Waals surface area contributed by atoms with Crippen molar-refractivity contribution in [2.45, 2.75) is 32.1 Å². The fraction of sp³-hybridized carbons (Fsp3) is 0.500. The number of aliphatic hydroxyl groups is 1. The second-order valence-electron chi connectivity index (χ2n) is 5.66. The van der Waals surface area contributed by atoms with Gasteiger partial charge in [0, 0.05) is 5.41 Å². The van der Waals surface area contributed by atoms with Crippen LogP contribution in [-0.2, 0) is 4.74 Å². The molecule has 0 atom stereocenters. The SMILES string of the molecule is O=C([O-])c1ccc(C(=O)OCC2(CO)CCCCC2)cc1. The van der Waals surface area contributed by atoms with E-state index < -0.39 is 11.9 Å². The molecule has 0 spiro atoms. The lowest BCUT2D eigenvalue weighted by molar-refractivity contribution is -0.255. The van der Waals surface area contributed by atoms with E-state index in [2.05, 4.69) is 0 Å². The summed E-state index contributed by atoms with van der Waals surface area (Å²) in [5.41, 5.74) is -0.00619. The summed E-state index contributed by atoms with van der Waals surface area (Å²) in [6.45, 7) is 0.217. The molecule has 0 aromatic heterocycles. The molecule has 0 unspecified atom stereocenters. The minimum absolute atomic E-state index is 0.0178. The number of carbonyl (C=O) groups is 2. The van der Waals surface area contributed by atoms with Crippen LogP contribution in [0.3, 0.4) is 0 Å². The smallest absolute Gasteiger partial charge is 0.338 e. The van der Waals surface area contributed by atoms with Gasteiger partial charge in [-0.3, -0.25) is 0 Å². The van der Waals surface area contributed by atoms with Crippen molar-refractivity contribution in [3.8, 4) is 0 Å². The molecule has 0 saturated heterocycles. The number of carboxylic acids is 1. The highest BCUT2D eigenvalue weighted by Gasteiger charge is 2.33. The van der Waals surface area contributed by atoms with Crippen LogP contribution in [-0.4, -0.2) is 30.3 Å².